The number of aliphatic imine (C=N–C) groups is 1. The summed E-state index contributed by atoms with van der Waals surface area (Å²) in [7, 11) is 7.73. The van der Waals surface area contributed by atoms with Crippen molar-refractivity contribution in [3.63, 3.8) is 0 Å². The van der Waals surface area contributed by atoms with E-state index in [1.807, 2.05) is 66.9 Å². The topological polar surface area (TPSA) is 240 Å². The molecule has 490 valence electrons. The van der Waals surface area contributed by atoms with Crippen LogP contribution in [0, 0.1) is 20.8 Å². The summed E-state index contributed by atoms with van der Waals surface area (Å²) >= 11 is 7.91. The molecule has 0 unspecified atom stereocenters. The van der Waals surface area contributed by atoms with Gasteiger partial charge in [-0.05, 0) is 130 Å². The Balaban J connectivity index is 0.726. The molecule has 6 aromatic rings. The molecule has 1 fully saturated rings. The molecule has 4 heterocycles. The molecular formula is C67H84ClN7O15S. The number of nitrogens with one attached hydrogen (secondary N) is 2. The van der Waals surface area contributed by atoms with E-state index < -0.39 is 30.1 Å². The van der Waals surface area contributed by atoms with Gasteiger partial charge >= 0.3 is 5.97 Å². The summed E-state index contributed by atoms with van der Waals surface area (Å²) in [5.74, 6) is 2.36. The maximum Gasteiger partial charge on any atom is 0.329 e. The number of carbonyl (C=O) groups is 4. The number of piperidine rings is 1. The van der Waals surface area contributed by atoms with Crippen molar-refractivity contribution < 1.29 is 71.3 Å². The fourth-order valence-electron chi connectivity index (χ4n) is 11.0. The summed E-state index contributed by atoms with van der Waals surface area (Å²) in [6.45, 7) is 11.4. The van der Waals surface area contributed by atoms with Crippen LogP contribution in [0.2, 0.25) is 5.02 Å². The van der Waals surface area contributed by atoms with Crippen LogP contribution in [0.1, 0.15) is 113 Å². The van der Waals surface area contributed by atoms with Crippen LogP contribution in [0.25, 0.3) is 5.00 Å². The van der Waals surface area contributed by atoms with E-state index in [1.165, 1.54) is 26.2 Å². The fraction of sp³-hybridized carbons (Fsp3) is 0.478. The minimum Gasteiger partial charge on any atom is -0.493 e. The van der Waals surface area contributed by atoms with E-state index in [0.717, 1.165) is 51.6 Å². The first-order valence-corrected chi connectivity index (χ1v) is 31.8. The molecule has 2 N–H and O–H groups in total. The number of esters is 1. The van der Waals surface area contributed by atoms with Crippen molar-refractivity contribution in [2.45, 2.75) is 96.7 Å². The summed E-state index contributed by atoms with van der Waals surface area (Å²) in [6.07, 6.45) is 2.60. The number of aromatic nitrogens is 3. The molecule has 0 saturated carbocycles. The highest BCUT2D eigenvalue weighted by molar-refractivity contribution is 7.15. The largest absolute Gasteiger partial charge is 0.493 e. The molecule has 0 bridgehead atoms. The predicted octanol–water partition coefficient (Wildman–Crippen LogP) is 9.40. The van der Waals surface area contributed by atoms with Crippen LogP contribution in [0.5, 0.6) is 34.5 Å². The third-order valence-corrected chi connectivity index (χ3v) is 17.3. The van der Waals surface area contributed by atoms with Crippen molar-refractivity contribution in [2.75, 3.05) is 115 Å². The van der Waals surface area contributed by atoms with E-state index in [1.54, 1.807) is 60.8 Å². The van der Waals surface area contributed by atoms with Gasteiger partial charge in [0.05, 0.1) is 106 Å². The van der Waals surface area contributed by atoms with Crippen molar-refractivity contribution >= 4 is 52.3 Å². The SMILES string of the molecule is CC[C@H](C(=O)N1CCCC[C@H]1C(=O)O[C@H](CCc1ccc(OC)c(OC)c1)c1cccc(OCC(=O)NCCOCCOCCOCCOCCNC(=O)C[C@@H]2N=C(c3ccc(Cl)cc3)c3c(sc(C)c3C)-n3c(C)nnc32)c1)c1cc(OC)c(OC)c(OC)c1. The monoisotopic (exact) mass is 1290 g/mol. The number of amides is 3. The van der Waals surface area contributed by atoms with Crippen LogP contribution in [0.3, 0.4) is 0 Å². The molecule has 8 rings (SSSR count). The highest BCUT2D eigenvalue weighted by Gasteiger charge is 2.39. The van der Waals surface area contributed by atoms with E-state index in [0.29, 0.717) is 141 Å². The Hall–Kier alpha value is -7.80. The van der Waals surface area contributed by atoms with Gasteiger partial charge in [-0.3, -0.25) is 23.9 Å². The number of ether oxygens (including phenoxy) is 11. The minimum absolute atomic E-state index is 0.0780. The molecule has 4 aromatic carbocycles. The molecule has 0 radical (unpaired) electrons. The van der Waals surface area contributed by atoms with Gasteiger partial charge in [0.25, 0.3) is 5.91 Å². The van der Waals surface area contributed by atoms with Crippen molar-refractivity contribution in [3.8, 4) is 39.5 Å². The van der Waals surface area contributed by atoms with Crippen molar-refractivity contribution in [2.24, 2.45) is 4.99 Å². The molecule has 91 heavy (non-hydrogen) atoms. The van der Waals surface area contributed by atoms with Gasteiger partial charge in [-0.25, -0.2) is 4.79 Å². The van der Waals surface area contributed by atoms with Gasteiger partial charge in [0.2, 0.25) is 17.6 Å². The highest BCUT2D eigenvalue weighted by atomic mass is 35.5. The lowest BCUT2D eigenvalue weighted by atomic mass is 9.91. The average Bonchev–Trinajstić information content (AvgIpc) is 1.61. The number of benzene rings is 4. The van der Waals surface area contributed by atoms with Crippen LogP contribution in [-0.2, 0) is 49.3 Å². The van der Waals surface area contributed by atoms with Gasteiger partial charge in [-0.2, -0.15) is 0 Å². The van der Waals surface area contributed by atoms with Crippen molar-refractivity contribution in [1.82, 2.24) is 30.3 Å². The van der Waals surface area contributed by atoms with Gasteiger partial charge in [0.15, 0.2) is 35.4 Å². The molecule has 3 amide bonds. The van der Waals surface area contributed by atoms with Crippen LogP contribution in [0.15, 0.2) is 83.9 Å². The van der Waals surface area contributed by atoms with E-state index in [-0.39, 0.29) is 43.9 Å². The maximum atomic E-state index is 14.6. The Bertz CT molecular complexity index is 3410. The number of methoxy groups -OCH3 is 5. The molecule has 2 aliphatic heterocycles. The quantitative estimate of drug-likeness (QED) is 0.0278. The summed E-state index contributed by atoms with van der Waals surface area (Å²) in [5, 5.41) is 16.2. The zero-order chi connectivity index (χ0) is 64.8. The van der Waals surface area contributed by atoms with Gasteiger partial charge in [-0.15, -0.1) is 21.5 Å². The molecule has 1 saturated heterocycles. The van der Waals surface area contributed by atoms with E-state index in [9.17, 15) is 19.2 Å². The van der Waals surface area contributed by atoms with E-state index in [4.69, 9.17) is 68.7 Å². The molecule has 22 nitrogen and oxygen atoms in total. The van der Waals surface area contributed by atoms with Crippen molar-refractivity contribution in [1.29, 1.82) is 0 Å². The summed E-state index contributed by atoms with van der Waals surface area (Å²) in [5.41, 5.74) is 6.09. The Morgan fingerprint density at radius 1 is 0.703 bits per heavy atom. The van der Waals surface area contributed by atoms with Gasteiger partial charge in [0.1, 0.15) is 34.8 Å². The zero-order valence-corrected chi connectivity index (χ0v) is 55.0. The number of carbonyl (C=O) groups excluding carboxylic acids is 4. The van der Waals surface area contributed by atoms with Crippen LogP contribution in [-0.4, -0.2) is 170 Å². The van der Waals surface area contributed by atoms with Gasteiger partial charge in [-0.1, -0.05) is 48.9 Å². The van der Waals surface area contributed by atoms with E-state index >= 15 is 0 Å². The number of hydrogen-bond donors (Lipinski definition) is 2. The van der Waals surface area contributed by atoms with Crippen molar-refractivity contribution in [3.05, 3.63) is 134 Å². The molecule has 0 spiro atoms. The molecule has 2 aromatic heterocycles. The van der Waals surface area contributed by atoms with Gasteiger partial charge in [0, 0.05) is 40.7 Å². The normalized spacial score (nSPS) is 15.1. The summed E-state index contributed by atoms with van der Waals surface area (Å²) < 4.78 is 64.9. The zero-order valence-electron chi connectivity index (χ0n) is 53.4. The Kier molecular flexibility index (Phi) is 26.3. The van der Waals surface area contributed by atoms with Crippen LogP contribution >= 0.6 is 22.9 Å². The number of halogens is 1. The number of aryl methyl sites for hydroxylation is 3. The molecule has 2 aliphatic rings. The lowest BCUT2D eigenvalue weighted by molar-refractivity contribution is -0.162. The van der Waals surface area contributed by atoms with Crippen LogP contribution in [0.4, 0.5) is 0 Å². The van der Waals surface area contributed by atoms with Gasteiger partial charge < -0.3 is 67.6 Å². The number of thiophene rings is 1. The number of nitrogens with zero attached hydrogens (tertiary/aromatic N) is 5. The number of rotatable bonds is 35. The fourth-order valence-corrected chi connectivity index (χ4v) is 12.4. The van der Waals surface area contributed by atoms with Crippen LogP contribution < -0.4 is 39.1 Å². The van der Waals surface area contributed by atoms with E-state index in [2.05, 4.69) is 34.7 Å². The summed E-state index contributed by atoms with van der Waals surface area (Å²) in [6, 6.07) is 22.5. The lowest BCUT2D eigenvalue weighted by Gasteiger charge is -2.37. The first kappa shape index (κ1) is 69.1. The summed E-state index contributed by atoms with van der Waals surface area (Å²) in [4.78, 5) is 63.3. The Labute approximate surface area is 541 Å². The average molecular weight is 1290 g/mol. The number of fused-ring (bicyclic) bond motifs is 3. The minimum atomic E-state index is -0.820. The second-order valence-corrected chi connectivity index (χ2v) is 23.4. The standard InChI is InChI=1S/C67H84ClN7O15S/c1-10-51(48-38-57(82-7)63(84-9)58(39-48)83-8)65(78)74-27-12-11-16-53(74)67(79)90-54(23-17-45-18-24-55(80-5)56(36-45)81-6)47-14-13-15-50(37-47)89-41-60(77)70-26-29-86-31-33-88-35-34-87-32-30-85-28-25-69-59(76)40-52-64-73-72-44(4)75(64)66-61(42(2)43(3)91-66)62(71-52)46-19-21-49(68)22-20-46/h13-15,18-22,24,36-39,51-54H,10-12,16-17,23,25-35,40-41H2,1-9H3,(H,69,76)(H,70,77)/t51-,52-,53-,54+/m0/s1. The molecule has 0 aliphatic carbocycles. The Morgan fingerprint density at radius 3 is 1.99 bits per heavy atom. The number of likely N-dealkylation sites (tertiary alicyclic amines) is 1. The Morgan fingerprint density at radius 2 is 1.35 bits per heavy atom. The molecule has 4 atom stereocenters. The second-order valence-electron chi connectivity index (χ2n) is 21.7. The lowest BCUT2D eigenvalue weighted by Crippen LogP contribution is -2.50. The maximum absolute atomic E-state index is 14.6. The second kappa shape index (κ2) is 34.6. The smallest absolute Gasteiger partial charge is 0.329 e. The third-order valence-electron chi connectivity index (χ3n) is 15.8. The predicted molar refractivity (Wildman–Crippen MR) is 344 cm³/mol. The molecular weight excluding hydrogens is 1210 g/mol. The number of hydrogen-bond acceptors (Lipinski definition) is 19. The highest BCUT2D eigenvalue weighted by Crippen LogP contribution is 2.43. The molecule has 24 heteroatoms. The first-order chi connectivity index (χ1) is 44.2. The third kappa shape index (κ3) is 18.3. The first-order valence-electron chi connectivity index (χ1n) is 30.7.